The molecule has 0 amide bonds. The van der Waals surface area contributed by atoms with E-state index in [1.165, 1.54) is 51.4 Å². The lowest BCUT2D eigenvalue weighted by Gasteiger charge is -2.36. The monoisotopic (exact) mass is 369 g/mol. The SMILES string of the molecule is CCNC(=NCC(C)CN1CCN(CC)CC1)N1CCSC(CC)C1. The molecule has 6 heteroatoms. The Hall–Kier alpha value is -0.460. The number of piperazine rings is 1. The van der Waals surface area contributed by atoms with Crippen molar-refractivity contribution >= 4 is 17.7 Å². The molecule has 2 fully saturated rings. The molecule has 0 aromatic heterocycles. The highest BCUT2D eigenvalue weighted by molar-refractivity contribution is 8.00. The van der Waals surface area contributed by atoms with Gasteiger partial charge in [0.15, 0.2) is 5.96 Å². The smallest absolute Gasteiger partial charge is 0.193 e. The van der Waals surface area contributed by atoms with Gasteiger partial charge in [-0.3, -0.25) is 4.99 Å². The molecule has 2 atom stereocenters. The number of nitrogens with one attached hydrogen (secondary N) is 1. The lowest BCUT2D eigenvalue weighted by molar-refractivity contribution is 0.125. The van der Waals surface area contributed by atoms with Crippen molar-refractivity contribution in [3.05, 3.63) is 0 Å². The quantitative estimate of drug-likeness (QED) is 0.549. The van der Waals surface area contributed by atoms with Crippen LogP contribution < -0.4 is 5.32 Å². The number of likely N-dealkylation sites (N-methyl/N-ethyl adjacent to an activating group) is 1. The first kappa shape index (κ1) is 20.8. The molecule has 0 aromatic carbocycles. The van der Waals surface area contributed by atoms with Crippen molar-refractivity contribution in [1.82, 2.24) is 20.0 Å². The molecule has 2 rings (SSSR count). The van der Waals surface area contributed by atoms with E-state index in [1.54, 1.807) is 0 Å². The normalized spacial score (nSPS) is 25.2. The van der Waals surface area contributed by atoms with Gasteiger partial charge in [0.2, 0.25) is 0 Å². The predicted octanol–water partition coefficient (Wildman–Crippen LogP) is 2.05. The van der Waals surface area contributed by atoms with E-state index in [4.69, 9.17) is 4.99 Å². The minimum absolute atomic E-state index is 0.614. The third-order valence-corrected chi connectivity index (χ3v) is 6.64. The standard InChI is InChI=1S/C19H39N5S/c1-5-18-16-24(12-13-25-18)19(20-6-2)21-14-17(4)15-23-10-8-22(7-3)9-11-23/h17-18H,5-16H2,1-4H3,(H,20,21). The predicted molar refractivity (Wildman–Crippen MR) is 112 cm³/mol. The number of thioether (sulfide) groups is 1. The first-order chi connectivity index (χ1) is 12.2. The van der Waals surface area contributed by atoms with Crippen LogP contribution in [0.1, 0.15) is 34.1 Å². The Bertz CT molecular complexity index is 395. The highest BCUT2D eigenvalue weighted by atomic mass is 32.2. The average Bonchev–Trinajstić information content (AvgIpc) is 2.65. The number of guanidine groups is 1. The van der Waals surface area contributed by atoms with Crippen LogP contribution in [0.25, 0.3) is 0 Å². The van der Waals surface area contributed by atoms with Crippen molar-refractivity contribution in [2.24, 2.45) is 10.9 Å². The van der Waals surface area contributed by atoms with E-state index in [9.17, 15) is 0 Å². The summed E-state index contributed by atoms with van der Waals surface area (Å²) in [6.07, 6.45) is 1.25. The fraction of sp³-hybridized carbons (Fsp3) is 0.947. The maximum atomic E-state index is 4.99. The van der Waals surface area contributed by atoms with Crippen LogP contribution in [-0.4, -0.2) is 97.1 Å². The molecule has 1 N–H and O–H groups in total. The lowest BCUT2D eigenvalue weighted by Crippen LogP contribution is -2.48. The lowest BCUT2D eigenvalue weighted by atomic mass is 10.1. The van der Waals surface area contributed by atoms with Crippen molar-refractivity contribution in [2.45, 2.75) is 39.4 Å². The van der Waals surface area contributed by atoms with Gasteiger partial charge in [-0.2, -0.15) is 11.8 Å². The third-order valence-electron chi connectivity index (χ3n) is 5.26. The summed E-state index contributed by atoms with van der Waals surface area (Å²) in [5.41, 5.74) is 0. The van der Waals surface area contributed by atoms with Crippen molar-refractivity contribution < 1.29 is 0 Å². The van der Waals surface area contributed by atoms with Crippen LogP contribution in [0.2, 0.25) is 0 Å². The molecule has 2 saturated heterocycles. The van der Waals surface area contributed by atoms with Crippen molar-refractivity contribution in [3.8, 4) is 0 Å². The first-order valence-corrected chi connectivity index (χ1v) is 11.3. The molecular weight excluding hydrogens is 330 g/mol. The van der Waals surface area contributed by atoms with Gasteiger partial charge in [0.05, 0.1) is 0 Å². The van der Waals surface area contributed by atoms with Crippen LogP contribution in [-0.2, 0) is 0 Å². The summed E-state index contributed by atoms with van der Waals surface area (Å²) in [5.74, 6) is 2.96. The van der Waals surface area contributed by atoms with Crippen LogP contribution in [0.5, 0.6) is 0 Å². The Labute approximate surface area is 159 Å². The van der Waals surface area contributed by atoms with Gasteiger partial charge in [-0.1, -0.05) is 20.8 Å². The van der Waals surface area contributed by atoms with Gasteiger partial charge in [-0.15, -0.1) is 0 Å². The molecule has 0 aliphatic carbocycles. The van der Waals surface area contributed by atoms with Gasteiger partial charge >= 0.3 is 0 Å². The topological polar surface area (TPSA) is 34.1 Å². The fourth-order valence-electron chi connectivity index (χ4n) is 3.61. The molecule has 0 bridgehead atoms. The summed E-state index contributed by atoms with van der Waals surface area (Å²) in [6, 6.07) is 0. The number of rotatable bonds is 7. The Morgan fingerprint density at radius 2 is 1.84 bits per heavy atom. The van der Waals surface area contributed by atoms with E-state index in [0.29, 0.717) is 5.92 Å². The summed E-state index contributed by atoms with van der Waals surface area (Å²) < 4.78 is 0. The van der Waals surface area contributed by atoms with Crippen LogP contribution in [0.3, 0.4) is 0 Å². The van der Waals surface area contributed by atoms with Crippen LogP contribution >= 0.6 is 11.8 Å². The van der Waals surface area contributed by atoms with Crippen LogP contribution in [0.15, 0.2) is 4.99 Å². The van der Waals surface area contributed by atoms with Crippen molar-refractivity contribution in [3.63, 3.8) is 0 Å². The molecule has 0 radical (unpaired) electrons. The van der Waals surface area contributed by atoms with Gasteiger partial charge in [0.1, 0.15) is 0 Å². The molecular formula is C19H39N5S. The zero-order valence-electron chi connectivity index (χ0n) is 16.8. The Balaban J connectivity index is 1.81. The van der Waals surface area contributed by atoms with E-state index in [-0.39, 0.29) is 0 Å². The maximum absolute atomic E-state index is 4.99. The molecule has 2 unspecified atom stereocenters. The molecule has 2 heterocycles. The van der Waals surface area contributed by atoms with Crippen LogP contribution in [0, 0.1) is 5.92 Å². The second-order valence-corrected chi connectivity index (χ2v) is 8.79. The maximum Gasteiger partial charge on any atom is 0.193 e. The minimum atomic E-state index is 0.614. The van der Waals surface area contributed by atoms with E-state index in [1.807, 2.05) is 0 Å². The molecule has 0 spiro atoms. The third kappa shape index (κ3) is 6.99. The van der Waals surface area contributed by atoms with Gasteiger partial charge in [0.25, 0.3) is 0 Å². The molecule has 5 nitrogen and oxygen atoms in total. The summed E-state index contributed by atoms with van der Waals surface area (Å²) >= 11 is 2.12. The van der Waals surface area contributed by atoms with Gasteiger partial charge in [0, 0.05) is 69.9 Å². The molecule has 146 valence electrons. The highest BCUT2D eigenvalue weighted by Gasteiger charge is 2.22. The van der Waals surface area contributed by atoms with Gasteiger partial charge in [-0.05, 0) is 25.8 Å². The summed E-state index contributed by atoms with van der Waals surface area (Å²) in [4.78, 5) is 12.6. The molecule has 0 saturated carbocycles. The van der Waals surface area contributed by atoms with E-state index >= 15 is 0 Å². The Morgan fingerprint density at radius 3 is 2.48 bits per heavy atom. The molecule has 25 heavy (non-hydrogen) atoms. The molecule has 2 aliphatic heterocycles. The number of hydrogen-bond acceptors (Lipinski definition) is 4. The number of aliphatic imine (C=N–C) groups is 1. The highest BCUT2D eigenvalue weighted by Crippen LogP contribution is 2.21. The van der Waals surface area contributed by atoms with Crippen molar-refractivity contribution in [2.75, 3.05) is 71.2 Å². The number of nitrogens with zero attached hydrogens (tertiary/aromatic N) is 4. The zero-order valence-corrected chi connectivity index (χ0v) is 17.7. The van der Waals surface area contributed by atoms with Gasteiger partial charge in [-0.25, -0.2) is 0 Å². The zero-order chi connectivity index (χ0) is 18.1. The minimum Gasteiger partial charge on any atom is -0.357 e. The van der Waals surface area contributed by atoms with Crippen LogP contribution in [0.4, 0.5) is 0 Å². The number of hydrogen-bond donors (Lipinski definition) is 1. The summed E-state index contributed by atoms with van der Waals surface area (Å²) in [7, 11) is 0. The second kappa shape index (κ2) is 11.3. The second-order valence-electron chi connectivity index (χ2n) is 7.38. The Kier molecular flexibility index (Phi) is 9.42. The van der Waals surface area contributed by atoms with E-state index in [0.717, 1.165) is 37.4 Å². The van der Waals surface area contributed by atoms with E-state index in [2.05, 4.69) is 59.5 Å². The molecule has 0 aromatic rings. The Morgan fingerprint density at radius 1 is 1.12 bits per heavy atom. The summed E-state index contributed by atoms with van der Waals surface area (Å²) in [6.45, 7) is 20.4. The van der Waals surface area contributed by atoms with Gasteiger partial charge < -0.3 is 20.0 Å². The average molecular weight is 370 g/mol. The summed E-state index contributed by atoms with van der Waals surface area (Å²) in [5, 5.41) is 4.27. The first-order valence-electron chi connectivity index (χ1n) is 10.3. The molecule has 2 aliphatic rings. The fourth-order valence-corrected chi connectivity index (χ4v) is 4.79. The van der Waals surface area contributed by atoms with E-state index < -0.39 is 0 Å². The van der Waals surface area contributed by atoms with Crippen molar-refractivity contribution in [1.29, 1.82) is 0 Å². The largest absolute Gasteiger partial charge is 0.357 e.